The predicted molar refractivity (Wildman–Crippen MR) is 84.4 cm³/mol. The summed E-state index contributed by atoms with van der Waals surface area (Å²) in [5.41, 5.74) is 1.85. The molecular weight excluding hydrogens is 282 g/mol. The number of methoxy groups -OCH3 is 1. The van der Waals surface area contributed by atoms with Gasteiger partial charge in [-0.05, 0) is 42.0 Å². The van der Waals surface area contributed by atoms with Crippen molar-refractivity contribution in [2.45, 2.75) is 32.0 Å². The largest absolute Gasteiger partial charge is 0.380 e. The van der Waals surface area contributed by atoms with Gasteiger partial charge in [0, 0.05) is 23.6 Å². The minimum absolute atomic E-state index is 0.134. The summed E-state index contributed by atoms with van der Waals surface area (Å²) in [7, 11) is 1.68. The average Bonchev–Trinajstić information content (AvgIpc) is 3.22. The highest BCUT2D eigenvalue weighted by Crippen LogP contribution is 2.30. The van der Waals surface area contributed by atoms with Crippen LogP contribution in [0.5, 0.6) is 0 Å². The van der Waals surface area contributed by atoms with Crippen molar-refractivity contribution in [3.05, 3.63) is 57.8 Å². The fourth-order valence-electron chi connectivity index (χ4n) is 2.40. The molecule has 0 radical (unpaired) electrons. The number of nitrogens with zero attached hydrogens (tertiary/aromatic N) is 1. The molecule has 0 spiro atoms. The Labute approximate surface area is 129 Å². The summed E-state index contributed by atoms with van der Waals surface area (Å²) >= 11 is 1.71. The van der Waals surface area contributed by atoms with Crippen LogP contribution in [0, 0.1) is 0 Å². The number of carbonyl (C=O) groups excluding carboxylic acids is 1. The SMILES string of the molecule is COCc1ccc(C(=O)N(Cc2cccs2)C2CC2)cc1. The van der Waals surface area contributed by atoms with Crippen LogP contribution < -0.4 is 0 Å². The van der Waals surface area contributed by atoms with Gasteiger partial charge in [-0.1, -0.05) is 18.2 Å². The van der Waals surface area contributed by atoms with E-state index in [2.05, 4.69) is 11.4 Å². The molecule has 1 aliphatic carbocycles. The Morgan fingerprint density at radius 2 is 2.05 bits per heavy atom. The number of ether oxygens (including phenoxy) is 1. The number of amides is 1. The maximum Gasteiger partial charge on any atom is 0.254 e. The van der Waals surface area contributed by atoms with Crippen molar-refractivity contribution in [2.24, 2.45) is 0 Å². The standard InChI is InChI=1S/C17H19NO2S/c1-20-12-13-4-6-14(7-5-13)17(19)18(15-8-9-15)11-16-3-2-10-21-16/h2-7,10,15H,8-9,11-12H2,1H3. The maximum absolute atomic E-state index is 12.7. The summed E-state index contributed by atoms with van der Waals surface area (Å²) in [6, 6.07) is 12.3. The Bertz CT molecular complexity index is 588. The Morgan fingerprint density at radius 1 is 1.29 bits per heavy atom. The Hall–Kier alpha value is -1.65. The number of rotatable bonds is 6. The van der Waals surface area contributed by atoms with Gasteiger partial charge in [0.15, 0.2) is 0 Å². The molecule has 1 heterocycles. The van der Waals surface area contributed by atoms with Crippen molar-refractivity contribution >= 4 is 17.2 Å². The van der Waals surface area contributed by atoms with Crippen LogP contribution in [0.2, 0.25) is 0 Å². The van der Waals surface area contributed by atoms with Gasteiger partial charge >= 0.3 is 0 Å². The van der Waals surface area contributed by atoms with Crippen molar-refractivity contribution in [1.29, 1.82) is 0 Å². The summed E-state index contributed by atoms with van der Waals surface area (Å²) in [6.07, 6.45) is 2.25. The van der Waals surface area contributed by atoms with Crippen molar-refractivity contribution < 1.29 is 9.53 Å². The van der Waals surface area contributed by atoms with E-state index in [4.69, 9.17) is 4.74 Å². The molecule has 0 aliphatic heterocycles. The molecule has 2 aromatic rings. The molecule has 0 atom stereocenters. The van der Waals surface area contributed by atoms with Crippen molar-refractivity contribution in [2.75, 3.05) is 7.11 Å². The van der Waals surface area contributed by atoms with E-state index >= 15 is 0 Å². The number of hydrogen-bond acceptors (Lipinski definition) is 3. The third-order valence-corrected chi connectivity index (χ3v) is 4.53. The second kappa shape index (κ2) is 6.41. The molecule has 110 valence electrons. The summed E-state index contributed by atoms with van der Waals surface area (Å²) in [5.74, 6) is 0.134. The first kappa shape index (κ1) is 14.3. The van der Waals surface area contributed by atoms with E-state index in [1.807, 2.05) is 35.2 Å². The lowest BCUT2D eigenvalue weighted by Gasteiger charge is -2.22. The summed E-state index contributed by atoms with van der Waals surface area (Å²) in [6.45, 7) is 1.30. The molecule has 1 aromatic heterocycles. The molecule has 1 aliphatic rings. The topological polar surface area (TPSA) is 29.5 Å². The normalized spacial score (nSPS) is 14.1. The first-order chi connectivity index (χ1) is 10.3. The zero-order chi connectivity index (χ0) is 14.7. The highest BCUT2D eigenvalue weighted by atomic mass is 32.1. The number of benzene rings is 1. The van der Waals surface area contributed by atoms with E-state index in [0.717, 1.165) is 30.5 Å². The molecule has 21 heavy (non-hydrogen) atoms. The van der Waals surface area contributed by atoms with E-state index < -0.39 is 0 Å². The van der Waals surface area contributed by atoms with Gasteiger partial charge in [0.25, 0.3) is 5.91 Å². The highest BCUT2D eigenvalue weighted by molar-refractivity contribution is 7.09. The maximum atomic E-state index is 12.7. The molecule has 1 amide bonds. The van der Waals surface area contributed by atoms with Gasteiger partial charge in [0.05, 0.1) is 13.2 Å². The van der Waals surface area contributed by atoms with Crippen LogP contribution in [0.15, 0.2) is 41.8 Å². The van der Waals surface area contributed by atoms with E-state index in [-0.39, 0.29) is 5.91 Å². The number of carbonyl (C=O) groups is 1. The summed E-state index contributed by atoms with van der Waals surface area (Å²) in [5, 5.41) is 2.06. The fourth-order valence-corrected chi connectivity index (χ4v) is 3.10. The molecule has 4 heteroatoms. The quantitative estimate of drug-likeness (QED) is 0.814. The average molecular weight is 301 g/mol. The minimum Gasteiger partial charge on any atom is -0.380 e. The lowest BCUT2D eigenvalue weighted by molar-refractivity contribution is 0.0731. The van der Waals surface area contributed by atoms with E-state index in [0.29, 0.717) is 12.6 Å². The highest BCUT2D eigenvalue weighted by Gasteiger charge is 2.33. The first-order valence-corrected chi connectivity index (χ1v) is 8.07. The van der Waals surface area contributed by atoms with Crippen LogP contribution in [0.3, 0.4) is 0 Å². The molecule has 1 fully saturated rings. The van der Waals surface area contributed by atoms with Gasteiger partial charge in [-0.15, -0.1) is 11.3 Å². The van der Waals surface area contributed by atoms with Gasteiger partial charge in [-0.25, -0.2) is 0 Å². The Morgan fingerprint density at radius 3 is 2.62 bits per heavy atom. The molecule has 0 N–H and O–H groups in total. The molecule has 1 aromatic carbocycles. The van der Waals surface area contributed by atoms with Gasteiger partial charge in [0.1, 0.15) is 0 Å². The van der Waals surface area contributed by atoms with Gasteiger partial charge in [-0.2, -0.15) is 0 Å². The van der Waals surface area contributed by atoms with E-state index in [1.54, 1.807) is 18.4 Å². The second-order valence-electron chi connectivity index (χ2n) is 5.37. The van der Waals surface area contributed by atoms with E-state index in [9.17, 15) is 4.79 Å². The third-order valence-electron chi connectivity index (χ3n) is 3.67. The van der Waals surface area contributed by atoms with Crippen molar-refractivity contribution in [3.63, 3.8) is 0 Å². The zero-order valence-corrected chi connectivity index (χ0v) is 12.9. The van der Waals surface area contributed by atoms with Crippen molar-refractivity contribution in [1.82, 2.24) is 4.90 Å². The first-order valence-electron chi connectivity index (χ1n) is 7.19. The van der Waals surface area contributed by atoms with Crippen LogP contribution in [0.25, 0.3) is 0 Å². The number of thiophene rings is 1. The second-order valence-corrected chi connectivity index (χ2v) is 6.41. The Kier molecular flexibility index (Phi) is 4.36. The molecule has 0 unspecified atom stereocenters. The van der Waals surface area contributed by atoms with Gasteiger partial charge < -0.3 is 9.64 Å². The van der Waals surface area contributed by atoms with Crippen LogP contribution >= 0.6 is 11.3 Å². The smallest absolute Gasteiger partial charge is 0.254 e. The van der Waals surface area contributed by atoms with Crippen molar-refractivity contribution in [3.8, 4) is 0 Å². The van der Waals surface area contributed by atoms with E-state index in [1.165, 1.54) is 4.88 Å². The van der Waals surface area contributed by atoms with Gasteiger partial charge in [0.2, 0.25) is 0 Å². The zero-order valence-electron chi connectivity index (χ0n) is 12.1. The monoisotopic (exact) mass is 301 g/mol. The minimum atomic E-state index is 0.134. The predicted octanol–water partition coefficient (Wildman–Crippen LogP) is 3.70. The molecule has 3 nitrogen and oxygen atoms in total. The number of hydrogen-bond donors (Lipinski definition) is 0. The summed E-state index contributed by atoms with van der Waals surface area (Å²) in [4.78, 5) is 16.0. The van der Waals surface area contributed by atoms with Crippen LogP contribution in [-0.2, 0) is 17.9 Å². The lowest BCUT2D eigenvalue weighted by atomic mass is 10.1. The van der Waals surface area contributed by atoms with Crippen LogP contribution in [0.4, 0.5) is 0 Å². The van der Waals surface area contributed by atoms with Crippen LogP contribution in [0.1, 0.15) is 33.6 Å². The molecule has 0 saturated heterocycles. The van der Waals surface area contributed by atoms with Crippen LogP contribution in [-0.4, -0.2) is 24.0 Å². The molecule has 3 rings (SSSR count). The Balaban J connectivity index is 1.74. The third kappa shape index (κ3) is 3.52. The summed E-state index contributed by atoms with van der Waals surface area (Å²) < 4.78 is 5.10. The van der Waals surface area contributed by atoms with Gasteiger partial charge in [-0.3, -0.25) is 4.79 Å². The lowest BCUT2D eigenvalue weighted by Crippen LogP contribution is -2.32. The molecule has 0 bridgehead atoms. The fraction of sp³-hybridized carbons (Fsp3) is 0.353. The molecule has 1 saturated carbocycles. The molecular formula is C17H19NO2S.